The van der Waals surface area contributed by atoms with Crippen LogP contribution in [0, 0.1) is 0 Å². The van der Waals surface area contributed by atoms with Crippen LogP contribution in [0.4, 0.5) is 0 Å². The van der Waals surface area contributed by atoms with E-state index in [0.717, 1.165) is 6.42 Å². The summed E-state index contributed by atoms with van der Waals surface area (Å²) in [7, 11) is 0. The highest BCUT2D eigenvalue weighted by molar-refractivity contribution is 5.85. The van der Waals surface area contributed by atoms with Gasteiger partial charge in [0.25, 0.3) is 0 Å². The van der Waals surface area contributed by atoms with Crippen LogP contribution in [0.1, 0.15) is 12.8 Å². The molecule has 0 aliphatic carbocycles. The molecule has 0 aliphatic rings. The van der Waals surface area contributed by atoms with Crippen LogP contribution in [-0.2, 0) is 0 Å². The number of rotatable bonds is 4. The Balaban J connectivity index is -0.000000245. The molecule has 0 heterocycles. The number of aliphatic hydroxyl groups excluding tert-OH is 1. The first-order chi connectivity index (χ1) is 3.81. The second-order valence-electron chi connectivity index (χ2n) is 1.85. The summed E-state index contributed by atoms with van der Waals surface area (Å²) in [5.74, 6) is 0. The zero-order chi connectivity index (χ0) is 6.41. The molecule has 66 valence electrons. The fraction of sp³-hybridized carbons (Fsp3) is 1.00. The average Bonchev–Trinajstić information content (AvgIpc) is 1.68. The van der Waals surface area contributed by atoms with Crippen LogP contribution in [0.2, 0.25) is 0 Å². The Labute approximate surface area is 74.0 Å². The summed E-state index contributed by atoms with van der Waals surface area (Å²) >= 11 is 0. The van der Waals surface area contributed by atoms with E-state index in [1.807, 2.05) is 0 Å². The number of halogens is 2. The predicted octanol–water partition coefficient (Wildman–Crippen LogP) is -0.112. The van der Waals surface area contributed by atoms with Gasteiger partial charge in [-0.25, -0.2) is 0 Å². The van der Waals surface area contributed by atoms with E-state index in [9.17, 15) is 0 Å². The summed E-state index contributed by atoms with van der Waals surface area (Å²) in [5.41, 5.74) is 10.7. The normalized spacial score (nSPS) is 11.1. The van der Waals surface area contributed by atoms with Crippen LogP contribution >= 0.6 is 24.8 Å². The summed E-state index contributed by atoms with van der Waals surface area (Å²) in [6, 6.07) is 0.0880. The topological polar surface area (TPSA) is 72.3 Å². The highest BCUT2D eigenvalue weighted by atomic mass is 35.5. The lowest BCUT2D eigenvalue weighted by Gasteiger charge is -2.05. The Hall–Kier alpha value is 0.460. The number of nitrogens with two attached hydrogens (primary N) is 2. The molecule has 3 nitrogen and oxygen atoms in total. The van der Waals surface area contributed by atoms with Gasteiger partial charge in [0.15, 0.2) is 0 Å². The monoisotopic (exact) mass is 190 g/mol. The van der Waals surface area contributed by atoms with Gasteiger partial charge in [-0.2, -0.15) is 0 Å². The van der Waals surface area contributed by atoms with Gasteiger partial charge in [0.1, 0.15) is 0 Å². The quantitative estimate of drug-likeness (QED) is 0.580. The zero-order valence-electron chi connectivity index (χ0n) is 5.82. The third-order valence-electron chi connectivity index (χ3n) is 1.04. The summed E-state index contributed by atoms with van der Waals surface area (Å²) in [6.07, 6.45) is 1.47. The maximum atomic E-state index is 8.34. The zero-order valence-corrected chi connectivity index (χ0v) is 7.46. The third kappa shape index (κ3) is 11.3. The molecule has 1 unspecified atom stereocenters. The minimum atomic E-state index is 0. The molecule has 0 rings (SSSR count). The third-order valence-corrected chi connectivity index (χ3v) is 1.04. The van der Waals surface area contributed by atoms with Crippen molar-refractivity contribution in [3.63, 3.8) is 0 Å². The first kappa shape index (κ1) is 16.8. The molecule has 0 fully saturated rings. The summed E-state index contributed by atoms with van der Waals surface area (Å²) in [6.45, 7) is 0.780. The van der Waals surface area contributed by atoms with Gasteiger partial charge in [0.05, 0.1) is 0 Å². The van der Waals surface area contributed by atoms with E-state index < -0.39 is 0 Å². The smallest absolute Gasteiger partial charge is 0.0445 e. The molecule has 0 saturated heterocycles. The molecular weight excluding hydrogens is 175 g/mol. The minimum Gasteiger partial charge on any atom is -0.396 e. The van der Waals surface area contributed by atoms with Gasteiger partial charge >= 0.3 is 0 Å². The number of hydrogen-bond donors (Lipinski definition) is 3. The van der Waals surface area contributed by atoms with E-state index in [0.29, 0.717) is 13.0 Å². The van der Waals surface area contributed by atoms with Crippen molar-refractivity contribution in [2.75, 3.05) is 13.2 Å². The fourth-order valence-electron chi connectivity index (χ4n) is 0.524. The van der Waals surface area contributed by atoms with E-state index in [1.165, 1.54) is 0 Å². The molecule has 0 radical (unpaired) electrons. The van der Waals surface area contributed by atoms with E-state index in [4.69, 9.17) is 16.6 Å². The van der Waals surface area contributed by atoms with Gasteiger partial charge in [-0.05, 0) is 19.4 Å². The predicted molar refractivity (Wildman–Crippen MR) is 47.8 cm³/mol. The van der Waals surface area contributed by atoms with Crippen LogP contribution < -0.4 is 11.5 Å². The van der Waals surface area contributed by atoms with Crippen molar-refractivity contribution in [1.82, 2.24) is 0 Å². The Morgan fingerprint density at radius 3 is 2.00 bits per heavy atom. The Kier molecular flexibility index (Phi) is 20.5. The SMILES string of the molecule is Cl.Cl.NCCC(N)CCO. The molecule has 0 spiro atoms. The minimum absolute atomic E-state index is 0. The molecule has 5 N–H and O–H groups in total. The molecule has 0 amide bonds. The molecule has 0 saturated carbocycles. The van der Waals surface area contributed by atoms with Gasteiger partial charge in [0.2, 0.25) is 0 Å². The Morgan fingerprint density at radius 2 is 1.70 bits per heavy atom. The molecule has 1 atom stereocenters. The molecule has 5 heteroatoms. The highest BCUT2D eigenvalue weighted by Crippen LogP contribution is 1.89. The fourth-order valence-corrected chi connectivity index (χ4v) is 0.524. The van der Waals surface area contributed by atoms with Gasteiger partial charge < -0.3 is 16.6 Å². The second kappa shape index (κ2) is 12.2. The van der Waals surface area contributed by atoms with E-state index in [-0.39, 0.29) is 37.5 Å². The molecule has 10 heavy (non-hydrogen) atoms. The van der Waals surface area contributed by atoms with Gasteiger partial charge in [-0.3, -0.25) is 0 Å². The van der Waals surface area contributed by atoms with Crippen molar-refractivity contribution >= 4 is 24.8 Å². The molecule has 0 aromatic heterocycles. The van der Waals surface area contributed by atoms with Crippen molar-refractivity contribution in [3.8, 4) is 0 Å². The maximum Gasteiger partial charge on any atom is 0.0445 e. The standard InChI is InChI=1S/C5H14N2O.2ClH/c6-3-1-5(7)2-4-8;;/h5,8H,1-4,6-7H2;2*1H. The average molecular weight is 191 g/mol. The maximum absolute atomic E-state index is 8.34. The van der Waals surface area contributed by atoms with E-state index in [1.54, 1.807) is 0 Å². The number of hydrogen-bond acceptors (Lipinski definition) is 3. The summed E-state index contributed by atoms with van der Waals surface area (Å²) in [5, 5.41) is 8.34. The molecule has 0 aliphatic heterocycles. The van der Waals surface area contributed by atoms with Crippen molar-refractivity contribution in [2.45, 2.75) is 18.9 Å². The summed E-state index contributed by atoms with van der Waals surface area (Å²) in [4.78, 5) is 0. The lowest BCUT2D eigenvalue weighted by Crippen LogP contribution is -2.24. The molecular formula is C5H16Cl2N2O. The van der Waals surface area contributed by atoms with Crippen LogP contribution in [0.5, 0.6) is 0 Å². The van der Waals surface area contributed by atoms with Crippen LogP contribution in [0.15, 0.2) is 0 Å². The van der Waals surface area contributed by atoms with Crippen LogP contribution in [-0.4, -0.2) is 24.3 Å². The largest absolute Gasteiger partial charge is 0.396 e. The lowest BCUT2D eigenvalue weighted by atomic mass is 10.2. The van der Waals surface area contributed by atoms with Gasteiger partial charge in [-0.1, -0.05) is 0 Å². The van der Waals surface area contributed by atoms with Crippen molar-refractivity contribution in [3.05, 3.63) is 0 Å². The van der Waals surface area contributed by atoms with Crippen molar-refractivity contribution in [2.24, 2.45) is 11.5 Å². The summed E-state index contributed by atoms with van der Waals surface area (Å²) < 4.78 is 0. The number of aliphatic hydroxyl groups is 1. The first-order valence-electron chi connectivity index (χ1n) is 2.87. The lowest BCUT2D eigenvalue weighted by molar-refractivity contribution is 0.273. The first-order valence-corrected chi connectivity index (χ1v) is 2.87. The molecule has 0 aromatic carbocycles. The highest BCUT2D eigenvalue weighted by Gasteiger charge is 1.96. The van der Waals surface area contributed by atoms with E-state index in [2.05, 4.69) is 0 Å². The van der Waals surface area contributed by atoms with E-state index >= 15 is 0 Å². The Morgan fingerprint density at radius 1 is 1.20 bits per heavy atom. The van der Waals surface area contributed by atoms with Crippen molar-refractivity contribution in [1.29, 1.82) is 0 Å². The molecule has 0 aromatic rings. The molecule has 0 bridgehead atoms. The van der Waals surface area contributed by atoms with Crippen LogP contribution in [0.3, 0.4) is 0 Å². The van der Waals surface area contributed by atoms with Gasteiger partial charge in [0, 0.05) is 12.6 Å². The Bertz CT molecular complexity index is 50.9. The van der Waals surface area contributed by atoms with Crippen molar-refractivity contribution < 1.29 is 5.11 Å². The second-order valence-corrected chi connectivity index (χ2v) is 1.85. The van der Waals surface area contributed by atoms with Crippen LogP contribution in [0.25, 0.3) is 0 Å². The van der Waals surface area contributed by atoms with Gasteiger partial charge in [-0.15, -0.1) is 24.8 Å².